The third-order valence-corrected chi connectivity index (χ3v) is 3.20. The van der Waals surface area contributed by atoms with Crippen LogP contribution < -0.4 is 16.4 Å². The fourth-order valence-corrected chi connectivity index (χ4v) is 1.73. The van der Waals surface area contributed by atoms with E-state index in [0.717, 1.165) is 6.42 Å². The Labute approximate surface area is 112 Å². The van der Waals surface area contributed by atoms with Crippen molar-refractivity contribution in [3.05, 3.63) is 29.8 Å². The van der Waals surface area contributed by atoms with Crippen LogP contribution in [0.15, 0.2) is 24.3 Å². The van der Waals surface area contributed by atoms with Gasteiger partial charge in [0.15, 0.2) is 0 Å². The largest absolute Gasteiger partial charge is 0.352 e. The second kappa shape index (κ2) is 5.40. The summed E-state index contributed by atoms with van der Waals surface area (Å²) in [6.07, 6.45) is 2.26. The molecule has 19 heavy (non-hydrogen) atoms. The zero-order valence-electron chi connectivity index (χ0n) is 11.0. The van der Waals surface area contributed by atoms with Crippen LogP contribution in [0.5, 0.6) is 0 Å². The number of nitrogens with one attached hydrogen (secondary N) is 2. The number of rotatable bonds is 5. The maximum atomic E-state index is 12.0. The fraction of sp³-hybridized carbons (Fsp3) is 0.429. The summed E-state index contributed by atoms with van der Waals surface area (Å²) in [6, 6.07) is 6.95. The zero-order valence-corrected chi connectivity index (χ0v) is 11.0. The smallest absolute Gasteiger partial charge is 0.253 e. The molecule has 1 aliphatic carbocycles. The number of para-hydroxylation sites is 1. The minimum absolute atomic E-state index is 0.181. The zero-order chi connectivity index (χ0) is 13.9. The van der Waals surface area contributed by atoms with Crippen LogP contribution in [0, 0.1) is 0 Å². The van der Waals surface area contributed by atoms with Crippen molar-refractivity contribution >= 4 is 17.5 Å². The van der Waals surface area contributed by atoms with E-state index in [1.807, 2.05) is 6.92 Å². The molecule has 0 heterocycles. The minimum atomic E-state index is -0.743. The van der Waals surface area contributed by atoms with E-state index in [1.54, 1.807) is 24.3 Å². The lowest BCUT2D eigenvalue weighted by molar-refractivity contribution is -0.118. The van der Waals surface area contributed by atoms with Crippen LogP contribution in [0.2, 0.25) is 0 Å². The molecule has 2 amide bonds. The number of carbonyl (C=O) groups excluding carboxylic acids is 2. The Bertz CT molecular complexity index is 495. The lowest BCUT2D eigenvalue weighted by Gasteiger charge is -2.13. The van der Waals surface area contributed by atoms with Gasteiger partial charge in [-0.25, -0.2) is 0 Å². The molecular formula is C14H19N3O2. The Hall–Kier alpha value is -1.88. The molecule has 0 unspecified atom stereocenters. The molecular weight excluding hydrogens is 242 g/mol. The van der Waals surface area contributed by atoms with E-state index in [-0.39, 0.29) is 11.8 Å². The summed E-state index contributed by atoms with van der Waals surface area (Å²) in [5.41, 5.74) is 6.07. The van der Waals surface area contributed by atoms with E-state index >= 15 is 0 Å². The van der Waals surface area contributed by atoms with Gasteiger partial charge >= 0.3 is 0 Å². The Balaban J connectivity index is 2.12. The number of amides is 2. The van der Waals surface area contributed by atoms with Gasteiger partial charge in [-0.3, -0.25) is 9.59 Å². The van der Waals surface area contributed by atoms with Crippen LogP contribution in [0.25, 0.3) is 0 Å². The molecule has 0 atom stereocenters. The maximum absolute atomic E-state index is 12.0. The van der Waals surface area contributed by atoms with E-state index in [1.165, 1.54) is 0 Å². The van der Waals surface area contributed by atoms with Crippen molar-refractivity contribution in [1.29, 1.82) is 0 Å². The maximum Gasteiger partial charge on any atom is 0.253 e. The number of anilines is 1. The molecule has 1 fully saturated rings. The molecule has 5 heteroatoms. The highest BCUT2D eigenvalue weighted by atomic mass is 16.2. The molecule has 1 aromatic rings. The van der Waals surface area contributed by atoms with Gasteiger partial charge in [0, 0.05) is 6.54 Å². The third-order valence-electron chi connectivity index (χ3n) is 3.20. The van der Waals surface area contributed by atoms with Crippen molar-refractivity contribution in [3.8, 4) is 0 Å². The lowest BCUT2D eigenvalue weighted by Crippen LogP contribution is -2.38. The number of hydrogen-bond donors (Lipinski definition) is 3. The summed E-state index contributed by atoms with van der Waals surface area (Å²) in [5, 5.41) is 5.54. The molecule has 1 aromatic carbocycles. The van der Waals surface area contributed by atoms with Crippen LogP contribution in [-0.2, 0) is 4.79 Å². The first-order chi connectivity index (χ1) is 9.07. The summed E-state index contributed by atoms with van der Waals surface area (Å²) in [5.74, 6) is -0.400. The van der Waals surface area contributed by atoms with Crippen molar-refractivity contribution < 1.29 is 9.59 Å². The van der Waals surface area contributed by atoms with Gasteiger partial charge in [0.25, 0.3) is 5.91 Å². The number of nitrogens with two attached hydrogens (primary N) is 1. The summed E-state index contributed by atoms with van der Waals surface area (Å²) in [7, 11) is 0. The van der Waals surface area contributed by atoms with Crippen LogP contribution >= 0.6 is 0 Å². The molecule has 0 bridgehead atoms. The monoisotopic (exact) mass is 261 g/mol. The van der Waals surface area contributed by atoms with Gasteiger partial charge in [-0.1, -0.05) is 19.1 Å². The molecule has 4 N–H and O–H groups in total. The Morgan fingerprint density at radius 2 is 2.00 bits per heavy atom. The molecule has 0 aromatic heterocycles. The molecule has 0 radical (unpaired) electrons. The summed E-state index contributed by atoms with van der Waals surface area (Å²) in [6.45, 7) is 2.60. The van der Waals surface area contributed by atoms with Crippen LogP contribution in [0.4, 0.5) is 5.69 Å². The van der Waals surface area contributed by atoms with Gasteiger partial charge in [-0.15, -0.1) is 0 Å². The average molecular weight is 261 g/mol. The molecule has 1 saturated carbocycles. The molecule has 1 aliphatic rings. The number of carbonyl (C=O) groups is 2. The van der Waals surface area contributed by atoms with Crippen LogP contribution in [0.1, 0.15) is 36.5 Å². The first kappa shape index (κ1) is 13.5. The molecule has 2 rings (SSSR count). The normalized spacial score (nSPS) is 15.7. The quantitative estimate of drug-likeness (QED) is 0.746. The van der Waals surface area contributed by atoms with Gasteiger partial charge in [0.1, 0.15) is 0 Å². The van der Waals surface area contributed by atoms with E-state index in [9.17, 15) is 9.59 Å². The van der Waals surface area contributed by atoms with Gasteiger partial charge in [0.05, 0.1) is 16.8 Å². The van der Waals surface area contributed by atoms with E-state index < -0.39 is 5.54 Å². The minimum Gasteiger partial charge on any atom is -0.352 e. The van der Waals surface area contributed by atoms with E-state index in [0.29, 0.717) is 30.6 Å². The van der Waals surface area contributed by atoms with Gasteiger partial charge in [-0.05, 0) is 31.4 Å². The highest BCUT2D eigenvalue weighted by Crippen LogP contribution is 2.33. The molecule has 0 saturated heterocycles. The lowest BCUT2D eigenvalue weighted by atomic mass is 10.1. The second-order valence-electron chi connectivity index (χ2n) is 4.91. The third kappa shape index (κ3) is 3.12. The number of benzene rings is 1. The van der Waals surface area contributed by atoms with Crippen molar-refractivity contribution in [2.45, 2.75) is 31.7 Å². The second-order valence-corrected chi connectivity index (χ2v) is 4.91. The van der Waals surface area contributed by atoms with Crippen LogP contribution in [0.3, 0.4) is 0 Å². The number of hydrogen-bond acceptors (Lipinski definition) is 3. The molecule has 5 nitrogen and oxygen atoms in total. The van der Waals surface area contributed by atoms with Gasteiger partial charge in [0.2, 0.25) is 5.91 Å². The predicted octanol–water partition coefficient (Wildman–Crippen LogP) is 1.26. The summed E-state index contributed by atoms with van der Waals surface area (Å²) >= 11 is 0. The molecule has 0 aliphatic heterocycles. The summed E-state index contributed by atoms with van der Waals surface area (Å²) < 4.78 is 0. The van der Waals surface area contributed by atoms with Crippen molar-refractivity contribution in [1.82, 2.24) is 5.32 Å². The fourth-order valence-electron chi connectivity index (χ4n) is 1.73. The standard InChI is InChI=1S/C14H19N3O2/c1-2-9-16-12(18)10-5-3-4-6-11(10)17-13(19)14(15)7-8-14/h3-6H,2,7-9,15H2,1H3,(H,16,18)(H,17,19). The van der Waals surface area contributed by atoms with Crippen LogP contribution in [-0.4, -0.2) is 23.9 Å². The molecule has 0 spiro atoms. The topological polar surface area (TPSA) is 84.2 Å². The van der Waals surface area contributed by atoms with Crippen molar-refractivity contribution in [2.24, 2.45) is 5.73 Å². The Morgan fingerprint density at radius 3 is 2.63 bits per heavy atom. The Kier molecular flexibility index (Phi) is 3.85. The average Bonchev–Trinajstić information content (AvgIpc) is 3.16. The Morgan fingerprint density at radius 1 is 1.32 bits per heavy atom. The van der Waals surface area contributed by atoms with Gasteiger partial charge < -0.3 is 16.4 Å². The SMILES string of the molecule is CCCNC(=O)c1ccccc1NC(=O)C1(N)CC1. The first-order valence-electron chi connectivity index (χ1n) is 6.54. The van der Waals surface area contributed by atoms with E-state index in [2.05, 4.69) is 10.6 Å². The van der Waals surface area contributed by atoms with Crippen molar-refractivity contribution in [3.63, 3.8) is 0 Å². The predicted molar refractivity (Wildman–Crippen MR) is 73.8 cm³/mol. The summed E-state index contributed by atoms with van der Waals surface area (Å²) in [4.78, 5) is 23.9. The van der Waals surface area contributed by atoms with Gasteiger partial charge in [-0.2, -0.15) is 0 Å². The van der Waals surface area contributed by atoms with E-state index in [4.69, 9.17) is 5.73 Å². The first-order valence-corrected chi connectivity index (χ1v) is 6.54. The highest BCUT2D eigenvalue weighted by molar-refractivity contribution is 6.06. The highest BCUT2D eigenvalue weighted by Gasteiger charge is 2.46. The molecule has 102 valence electrons. The van der Waals surface area contributed by atoms with Crippen molar-refractivity contribution in [2.75, 3.05) is 11.9 Å².